The minimum Gasteiger partial charge on any atom is -0.497 e. The molecule has 0 aliphatic heterocycles. The predicted octanol–water partition coefficient (Wildman–Crippen LogP) is 6.72. The van der Waals surface area contributed by atoms with Crippen molar-refractivity contribution in [1.29, 1.82) is 0 Å². The number of halogens is 4. The zero-order chi connectivity index (χ0) is 22.9. The molecule has 0 N–H and O–H groups in total. The topological polar surface area (TPSA) is 48.7 Å². The van der Waals surface area contributed by atoms with Gasteiger partial charge in [0.25, 0.3) is 0 Å². The fourth-order valence-electron chi connectivity index (χ4n) is 3.27. The largest absolute Gasteiger partial charge is 0.497 e. The molecule has 0 saturated carbocycles. The highest BCUT2D eigenvalue weighted by molar-refractivity contribution is 6.30. The summed E-state index contributed by atoms with van der Waals surface area (Å²) in [5.74, 6) is -0.460. The lowest BCUT2D eigenvalue weighted by atomic mass is 10.0. The zero-order valence-electron chi connectivity index (χ0n) is 16.7. The van der Waals surface area contributed by atoms with Crippen LogP contribution in [0, 0.1) is 0 Å². The Morgan fingerprint density at radius 2 is 1.72 bits per heavy atom. The second-order valence-electron chi connectivity index (χ2n) is 6.94. The quantitative estimate of drug-likeness (QED) is 0.332. The highest BCUT2D eigenvalue weighted by Crippen LogP contribution is 2.38. The summed E-state index contributed by atoms with van der Waals surface area (Å²) in [4.78, 5) is 13.0. The molecular weight excluding hydrogens is 445 g/mol. The molecule has 0 unspecified atom stereocenters. The van der Waals surface area contributed by atoms with E-state index in [1.165, 1.54) is 42.5 Å². The average molecular weight is 461 g/mol. The Bertz CT molecular complexity index is 1330. The predicted molar refractivity (Wildman–Crippen MR) is 115 cm³/mol. The van der Waals surface area contributed by atoms with E-state index < -0.39 is 22.9 Å². The van der Waals surface area contributed by atoms with Crippen LogP contribution in [0.4, 0.5) is 13.2 Å². The van der Waals surface area contributed by atoms with Crippen LogP contribution in [0.3, 0.4) is 0 Å². The van der Waals surface area contributed by atoms with Crippen molar-refractivity contribution in [3.8, 4) is 22.6 Å². The van der Waals surface area contributed by atoms with E-state index in [4.69, 9.17) is 25.5 Å². The van der Waals surface area contributed by atoms with E-state index in [1.807, 2.05) is 6.07 Å². The van der Waals surface area contributed by atoms with Crippen LogP contribution in [-0.2, 0) is 12.8 Å². The minimum absolute atomic E-state index is 0.0108. The SMILES string of the molecule is COc1cccc(COc2ccc3c(=O)c(-c4ccc(Cl)cc4)c(C(F)(F)F)oc3c2)c1. The molecule has 0 saturated heterocycles. The van der Waals surface area contributed by atoms with E-state index in [2.05, 4.69) is 0 Å². The molecule has 0 bridgehead atoms. The smallest absolute Gasteiger partial charge is 0.450 e. The second kappa shape index (κ2) is 8.59. The molecule has 32 heavy (non-hydrogen) atoms. The van der Waals surface area contributed by atoms with E-state index in [0.717, 1.165) is 5.56 Å². The first-order valence-electron chi connectivity index (χ1n) is 9.46. The lowest BCUT2D eigenvalue weighted by Gasteiger charge is -2.13. The standard InChI is InChI=1S/C24H16ClF3O4/c1-30-17-4-2-3-14(11-17)13-31-18-9-10-19-20(12-18)32-23(24(26,27)28)21(22(19)29)15-5-7-16(25)8-6-15/h2-12H,13H2,1H3. The summed E-state index contributed by atoms with van der Waals surface area (Å²) in [5.41, 5.74) is -0.703. The van der Waals surface area contributed by atoms with Gasteiger partial charge in [0.15, 0.2) is 0 Å². The maximum Gasteiger partial charge on any atom is 0.450 e. The molecule has 1 heterocycles. The zero-order valence-corrected chi connectivity index (χ0v) is 17.5. The molecule has 8 heteroatoms. The summed E-state index contributed by atoms with van der Waals surface area (Å²) in [6.07, 6.45) is -4.88. The van der Waals surface area contributed by atoms with Gasteiger partial charge in [0.1, 0.15) is 23.7 Å². The molecule has 0 fully saturated rings. The summed E-state index contributed by atoms with van der Waals surface area (Å²) < 4.78 is 57.3. The Labute approximate surface area is 185 Å². The first-order chi connectivity index (χ1) is 15.3. The molecule has 0 aliphatic rings. The van der Waals surface area contributed by atoms with Gasteiger partial charge in [0.05, 0.1) is 18.1 Å². The molecule has 0 radical (unpaired) electrons. The van der Waals surface area contributed by atoms with Gasteiger partial charge in [0.2, 0.25) is 11.2 Å². The van der Waals surface area contributed by atoms with Gasteiger partial charge in [-0.2, -0.15) is 13.2 Å². The Morgan fingerprint density at radius 3 is 2.41 bits per heavy atom. The molecule has 0 atom stereocenters. The van der Waals surface area contributed by atoms with Gasteiger partial charge in [-0.05, 0) is 47.5 Å². The second-order valence-corrected chi connectivity index (χ2v) is 7.37. The number of alkyl halides is 3. The monoisotopic (exact) mass is 460 g/mol. The van der Waals surface area contributed by atoms with Gasteiger partial charge >= 0.3 is 6.18 Å². The third kappa shape index (κ3) is 4.43. The number of benzene rings is 3. The summed E-state index contributed by atoms with van der Waals surface area (Å²) in [7, 11) is 1.54. The Kier molecular flexibility index (Phi) is 5.84. The summed E-state index contributed by atoms with van der Waals surface area (Å²) in [5, 5.41) is 0.349. The van der Waals surface area contributed by atoms with E-state index in [-0.39, 0.29) is 28.9 Å². The molecular formula is C24H16ClF3O4. The van der Waals surface area contributed by atoms with Gasteiger partial charge in [-0.15, -0.1) is 0 Å². The number of ether oxygens (including phenoxy) is 2. The minimum atomic E-state index is -4.88. The van der Waals surface area contributed by atoms with Crippen LogP contribution < -0.4 is 14.9 Å². The molecule has 164 valence electrons. The highest BCUT2D eigenvalue weighted by Gasteiger charge is 2.39. The van der Waals surface area contributed by atoms with Crippen molar-refractivity contribution >= 4 is 22.6 Å². The lowest BCUT2D eigenvalue weighted by molar-refractivity contribution is -0.152. The Hall–Kier alpha value is -3.45. The Balaban J connectivity index is 1.76. The lowest BCUT2D eigenvalue weighted by Crippen LogP contribution is -2.16. The van der Waals surface area contributed by atoms with Gasteiger partial charge in [-0.25, -0.2) is 0 Å². The van der Waals surface area contributed by atoms with E-state index in [0.29, 0.717) is 10.8 Å². The van der Waals surface area contributed by atoms with E-state index in [1.54, 1.807) is 25.3 Å². The molecule has 1 aromatic heterocycles. The van der Waals surface area contributed by atoms with Crippen molar-refractivity contribution in [2.45, 2.75) is 12.8 Å². The molecule has 4 nitrogen and oxygen atoms in total. The van der Waals surface area contributed by atoms with Crippen LogP contribution in [0.1, 0.15) is 11.3 Å². The van der Waals surface area contributed by atoms with E-state index >= 15 is 0 Å². The van der Waals surface area contributed by atoms with Crippen molar-refractivity contribution in [2.75, 3.05) is 7.11 Å². The number of hydrogen-bond acceptors (Lipinski definition) is 4. The van der Waals surface area contributed by atoms with Crippen molar-refractivity contribution < 1.29 is 27.1 Å². The molecule has 0 amide bonds. The number of fused-ring (bicyclic) bond motifs is 1. The highest BCUT2D eigenvalue weighted by atomic mass is 35.5. The molecule has 0 spiro atoms. The first-order valence-corrected chi connectivity index (χ1v) is 9.84. The fourth-order valence-corrected chi connectivity index (χ4v) is 3.40. The summed E-state index contributed by atoms with van der Waals surface area (Å²) >= 11 is 5.83. The number of hydrogen-bond donors (Lipinski definition) is 0. The molecule has 4 rings (SSSR count). The van der Waals surface area contributed by atoms with Crippen LogP contribution in [0.5, 0.6) is 11.5 Å². The van der Waals surface area contributed by atoms with Crippen LogP contribution in [0.2, 0.25) is 5.02 Å². The Morgan fingerprint density at radius 1 is 0.969 bits per heavy atom. The maximum atomic E-state index is 13.8. The van der Waals surface area contributed by atoms with Crippen molar-refractivity contribution in [3.63, 3.8) is 0 Å². The number of rotatable bonds is 5. The third-order valence-corrected chi connectivity index (χ3v) is 5.05. The van der Waals surface area contributed by atoms with Gasteiger partial charge < -0.3 is 13.9 Å². The average Bonchev–Trinajstić information content (AvgIpc) is 2.78. The number of methoxy groups -OCH3 is 1. The molecule has 0 aliphatic carbocycles. The maximum absolute atomic E-state index is 13.8. The fraction of sp³-hybridized carbons (Fsp3) is 0.125. The third-order valence-electron chi connectivity index (χ3n) is 4.79. The van der Waals surface area contributed by atoms with Crippen LogP contribution >= 0.6 is 11.6 Å². The van der Waals surface area contributed by atoms with Crippen molar-refractivity contribution in [1.82, 2.24) is 0 Å². The van der Waals surface area contributed by atoms with Gasteiger partial charge in [-0.3, -0.25) is 4.79 Å². The van der Waals surface area contributed by atoms with Crippen LogP contribution in [0.25, 0.3) is 22.1 Å². The molecule has 3 aromatic carbocycles. The van der Waals surface area contributed by atoms with Crippen molar-refractivity contribution in [2.24, 2.45) is 0 Å². The summed E-state index contributed by atoms with van der Waals surface area (Å²) in [6, 6.07) is 16.9. The normalized spacial score (nSPS) is 11.5. The summed E-state index contributed by atoms with van der Waals surface area (Å²) in [6.45, 7) is 0.155. The van der Waals surface area contributed by atoms with E-state index in [9.17, 15) is 18.0 Å². The molecule has 4 aromatic rings. The van der Waals surface area contributed by atoms with Crippen LogP contribution in [-0.4, -0.2) is 7.11 Å². The van der Waals surface area contributed by atoms with Gasteiger partial charge in [-0.1, -0.05) is 35.9 Å². The van der Waals surface area contributed by atoms with Crippen LogP contribution in [0.15, 0.2) is 75.9 Å². The van der Waals surface area contributed by atoms with Crippen molar-refractivity contribution in [3.05, 3.63) is 93.3 Å². The first kappa shape index (κ1) is 21.8. The van der Waals surface area contributed by atoms with Gasteiger partial charge in [0, 0.05) is 11.1 Å².